The van der Waals surface area contributed by atoms with Crippen LogP contribution in [0.3, 0.4) is 0 Å². The Labute approximate surface area is 120 Å². The third-order valence-corrected chi connectivity index (χ3v) is 3.28. The van der Waals surface area contributed by atoms with Gasteiger partial charge >= 0.3 is 0 Å². The number of ether oxygens (including phenoxy) is 1. The molecule has 1 aromatic heterocycles. The Morgan fingerprint density at radius 2 is 2.05 bits per heavy atom. The second-order valence-corrected chi connectivity index (χ2v) is 4.79. The first kappa shape index (κ1) is 14.8. The number of nitrogens with zero attached hydrogens (tertiary/aromatic N) is 2. The molecule has 0 radical (unpaired) electrons. The van der Waals surface area contributed by atoms with Gasteiger partial charge in [0.05, 0.1) is 17.4 Å². The highest BCUT2D eigenvalue weighted by atomic mass is 16.5. The molecule has 0 aliphatic carbocycles. The highest BCUT2D eigenvalue weighted by Crippen LogP contribution is 2.20. The van der Waals surface area contributed by atoms with Gasteiger partial charge in [0.15, 0.2) is 0 Å². The molecule has 0 saturated carbocycles. The van der Waals surface area contributed by atoms with Crippen LogP contribution < -0.4 is 5.32 Å². The molecule has 0 saturated heterocycles. The lowest BCUT2D eigenvalue weighted by atomic mass is 10.1. The summed E-state index contributed by atoms with van der Waals surface area (Å²) in [5.41, 5.74) is 2.27. The molecular formula is C16H23N3O. The first-order valence-electron chi connectivity index (χ1n) is 7.18. The van der Waals surface area contributed by atoms with Crippen molar-refractivity contribution in [3.63, 3.8) is 0 Å². The van der Waals surface area contributed by atoms with Crippen LogP contribution in [0.5, 0.6) is 0 Å². The van der Waals surface area contributed by atoms with E-state index in [-0.39, 0.29) is 6.04 Å². The van der Waals surface area contributed by atoms with Crippen molar-refractivity contribution in [2.24, 2.45) is 0 Å². The van der Waals surface area contributed by atoms with Gasteiger partial charge in [-0.15, -0.1) is 0 Å². The zero-order valence-electron chi connectivity index (χ0n) is 12.2. The predicted octanol–water partition coefficient (Wildman–Crippen LogP) is 2.95. The molecule has 0 aliphatic rings. The number of aromatic nitrogens is 2. The number of rotatable bonds is 8. The van der Waals surface area contributed by atoms with Crippen molar-refractivity contribution < 1.29 is 4.74 Å². The summed E-state index contributed by atoms with van der Waals surface area (Å²) in [7, 11) is 1.74. The molecule has 2 aromatic rings. The molecule has 108 valence electrons. The van der Waals surface area contributed by atoms with Crippen molar-refractivity contribution in [3.05, 3.63) is 48.3 Å². The first-order valence-corrected chi connectivity index (χ1v) is 7.18. The van der Waals surface area contributed by atoms with E-state index in [1.54, 1.807) is 7.11 Å². The summed E-state index contributed by atoms with van der Waals surface area (Å²) < 4.78 is 7.23. The van der Waals surface area contributed by atoms with Gasteiger partial charge in [-0.3, -0.25) is 0 Å². The number of nitrogens with one attached hydrogen (secondary N) is 1. The van der Waals surface area contributed by atoms with Gasteiger partial charge in [0.25, 0.3) is 0 Å². The molecule has 1 N–H and O–H groups in total. The number of hydrogen-bond donors (Lipinski definition) is 1. The monoisotopic (exact) mass is 273 g/mol. The fraction of sp³-hybridized carbons (Fsp3) is 0.438. The van der Waals surface area contributed by atoms with Crippen molar-refractivity contribution in [1.29, 1.82) is 0 Å². The Morgan fingerprint density at radius 1 is 1.25 bits per heavy atom. The quantitative estimate of drug-likeness (QED) is 0.803. The molecule has 0 amide bonds. The molecule has 0 aliphatic heterocycles. The van der Waals surface area contributed by atoms with Crippen LogP contribution in [0, 0.1) is 0 Å². The molecule has 0 fully saturated rings. The van der Waals surface area contributed by atoms with E-state index in [9.17, 15) is 0 Å². The van der Waals surface area contributed by atoms with Crippen molar-refractivity contribution in [2.45, 2.75) is 25.8 Å². The third-order valence-electron chi connectivity index (χ3n) is 3.28. The molecule has 1 atom stereocenters. The second-order valence-electron chi connectivity index (χ2n) is 4.79. The average molecular weight is 273 g/mol. The van der Waals surface area contributed by atoms with Gasteiger partial charge in [0, 0.05) is 19.9 Å². The smallest absolute Gasteiger partial charge is 0.0649 e. The lowest BCUT2D eigenvalue weighted by Crippen LogP contribution is -2.25. The van der Waals surface area contributed by atoms with Gasteiger partial charge in [0.2, 0.25) is 0 Å². The van der Waals surface area contributed by atoms with Gasteiger partial charge in [-0.25, -0.2) is 4.68 Å². The predicted molar refractivity (Wildman–Crippen MR) is 81.1 cm³/mol. The minimum absolute atomic E-state index is 0.262. The summed E-state index contributed by atoms with van der Waals surface area (Å²) in [5, 5.41) is 8.04. The van der Waals surface area contributed by atoms with Crippen molar-refractivity contribution in [1.82, 2.24) is 15.1 Å². The first-order chi connectivity index (χ1) is 9.86. The van der Waals surface area contributed by atoms with Crippen LogP contribution in [0.2, 0.25) is 0 Å². The summed E-state index contributed by atoms with van der Waals surface area (Å²) in [6, 6.07) is 12.6. The van der Waals surface area contributed by atoms with E-state index in [1.165, 1.54) is 5.69 Å². The topological polar surface area (TPSA) is 39.1 Å². The van der Waals surface area contributed by atoms with E-state index in [1.807, 2.05) is 29.1 Å². The molecule has 2 rings (SSSR count). The molecule has 1 unspecified atom stereocenters. The number of hydrogen-bond acceptors (Lipinski definition) is 3. The van der Waals surface area contributed by atoms with Gasteiger partial charge < -0.3 is 10.1 Å². The van der Waals surface area contributed by atoms with Crippen LogP contribution in [-0.2, 0) is 4.74 Å². The maximum absolute atomic E-state index is 5.23. The maximum Gasteiger partial charge on any atom is 0.0649 e. The van der Waals surface area contributed by atoms with Crippen LogP contribution in [0.1, 0.15) is 31.5 Å². The summed E-state index contributed by atoms with van der Waals surface area (Å²) in [6.45, 7) is 3.91. The molecule has 1 heterocycles. The Bertz CT molecular complexity index is 487. The SMILES string of the molecule is CCCNC(CCOC)c1ccnn1-c1ccccc1. The van der Waals surface area contributed by atoms with E-state index in [0.717, 1.165) is 31.7 Å². The molecule has 4 heteroatoms. The lowest BCUT2D eigenvalue weighted by molar-refractivity contribution is 0.182. The minimum atomic E-state index is 0.262. The van der Waals surface area contributed by atoms with E-state index in [0.29, 0.717) is 0 Å². The van der Waals surface area contributed by atoms with Crippen molar-refractivity contribution in [3.8, 4) is 5.69 Å². The Kier molecular flexibility index (Phi) is 5.77. The fourth-order valence-corrected chi connectivity index (χ4v) is 2.27. The molecule has 1 aromatic carbocycles. The highest BCUT2D eigenvalue weighted by Gasteiger charge is 2.16. The van der Waals surface area contributed by atoms with Gasteiger partial charge in [-0.05, 0) is 37.6 Å². The number of para-hydroxylation sites is 1. The van der Waals surface area contributed by atoms with Crippen molar-refractivity contribution in [2.75, 3.05) is 20.3 Å². The third kappa shape index (κ3) is 3.68. The van der Waals surface area contributed by atoms with Gasteiger partial charge in [0.1, 0.15) is 0 Å². The minimum Gasteiger partial charge on any atom is -0.385 e. The van der Waals surface area contributed by atoms with Crippen LogP contribution in [-0.4, -0.2) is 30.0 Å². The fourth-order valence-electron chi connectivity index (χ4n) is 2.27. The largest absolute Gasteiger partial charge is 0.385 e. The van der Waals surface area contributed by atoms with Gasteiger partial charge in [-0.1, -0.05) is 25.1 Å². The van der Waals surface area contributed by atoms with E-state index >= 15 is 0 Å². The summed E-state index contributed by atoms with van der Waals surface area (Å²) >= 11 is 0. The zero-order valence-corrected chi connectivity index (χ0v) is 12.2. The number of methoxy groups -OCH3 is 1. The summed E-state index contributed by atoms with van der Waals surface area (Å²) in [5.74, 6) is 0. The zero-order chi connectivity index (χ0) is 14.2. The van der Waals surface area contributed by atoms with E-state index in [2.05, 4.69) is 35.5 Å². The standard InChI is InChI=1S/C16H23N3O/c1-3-11-17-15(10-13-20-2)16-9-12-18-19(16)14-7-5-4-6-8-14/h4-9,12,15,17H,3,10-11,13H2,1-2H3. The lowest BCUT2D eigenvalue weighted by Gasteiger charge is -2.19. The Balaban J connectivity index is 2.22. The second kappa shape index (κ2) is 7.82. The summed E-state index contributed by atoms with van der Waals surface area (Å²) in [4.78, 5) is 0. The summed E-state index contributed by atoms with van der Waals surface area (Å²) in [6.07, 6.45) is 3.91. The van der Waals surface area contributed by atoms with E-state index < -0.39 is 0 Å². The molecular weight excluding hydrogens is 250 g/mol. The molecule has 0 bridgehead atoms. The van der Waals surface area contributed by atoms with Crippen molar-refractivity contribution >= 4 is 0 Å². The van der Waals surface area contributed by atoms with Crippen LogP contribution in [0.4, 0.5) is 0 Å². The number of benzene rings is 1. The normalized spacial score (nSPS) is 12.5. The highest BCUT2D eigenvalue weighted by molar-refractivity contribution is 5.33. The van der Waals surface area contributed by atoms with Crippen LogP contribution in [0.15, 0.2) is 42.6 Å². The molecule has 20 heavy (non-hydrogen) atoms. The average Bonchev–Trinajstić information content (AvgIpc) is 2.98. The molecule has 0 spiro atoms. The van der Waals surface area contributed by atoms with Crippen LogP contribution >= 0.6 is 0 Å². The van der Waals surface area contributed by atoms with Gasteiger partial charge in [-0.2, -0.15) is 5.10 Å². The Hall–Kier alpha value is -1.65. The Morgan fingerprint density at radius 3 is 2.75 bits per heavy atom. The maximum atomic E-state index is 5.23. The van der Waals surface area contributed by atoms with Crippen LogP contribution in [0.25, 0.3) is 5.69 Å². The van der Waals surface area contributed by atoms with E-state index in [4.69, 9.17) is 4.74 Å². The molecule has 4 nitrogen and oxygen atoms in total.